The molecule has 1 spiro atoms. The minimum atomic E-state index is -0.148. The summed E-state index contributed by atoms with van der Waals surface area (Å²) in [4.78, 5) is 29.8. The lowest BCUT2D eigenvalue weighted by atomic mass is 9.72. The van der Waals surface area contributed by atoms with E-state index < -0.39 is 0 Å². The fraction of sp³-hybridized carbons (Fsp3) is 0.462. The molecule has 1 aromatic carbocycles. The van der Waals surface area contributed by atoms with Crippen molar-refractivity contribution in [2.75, 3.05) is 30.0 Å². The Labute approximate surface area is 235 Å². The predicted molar refractivity (Wildman–Crippen MR) is 155 cm³/mol. The van der Waals surface area contributed by atoms with E-state index in [1.54, 1.807) is 35.1 Å². The molecule has 1 saturated heterocycles. The van der Waals surface area contributed by atoms with Crippen molar-refractivity contribution >= 4 is 57.8 Å². The molecule has 0 saturated carbocycles. The van der Waals surface area contributed by atoms with Gasteiger partial charge in [0.2, 0.25) is 0 Å². The molecular weight excluding hydrogens is 540 g/mol. The number of nitrogens with zero attached hydrogens (tertiary/aromatic N) is 6. The van der Waals surface area contributed by atoms with E-state index in [9.17, 15) is 4.79 Å². The van der Waals surface area contributed by atoms with Crippen molar-refractivity contribution in [2.45, 2.75) is 55.6 Å². The molecule has 0 radical (unpaired) electrons. The average Bonchev–Trinajstić information content (AvgIpc) is 3.51. The summed E-state index contributed by atoms with van der Waals surface area (Å²) in [6.07, 6.45) is 8.57. The highest BCUT2D eigenvalue weighted by atomic mass is 35.5. The van der Waals surface area contributed by atoms with Crippen LogP contribution in [0.25, 0.3) is 10.9 Å². The molecule has 4 N–H and O–H groups in total. The average molecular weight is 571 g/mol. The summed E-state index contributed by atoms with van der Waals surface area (Å²) in [6.45, 7) is 6.44. The summed E-state index contributed by atoms with van der Waals surface area (Å²) in [6, 6.07) is 3.77. The SMILES string of the molecule is CSN1C2=C1C(N)C1(CCN(c3cnc(Sc4ccc5ncn(CC(C)C)c(=O)c5c4Cl)c(N)n3)CC1)C2. The van der Waals surface area contributed by atoms with Crippen molar-refractivity contribution in [3.8, 4) is 0 Å². The highest BCUT2D eigenvalue weighted by molar-refractivity contribution is 7.99. The Balaban J connectivity index is 1.17. The number of halogens is 1. The van der Waals surface area contributed by atoms with Gasteiger partial charge in [0.05, 0.1) is 45.9 Å². The van der Waals surface area contributed by atoms with E-state index in [4.69, 9.17) is 23.1 Å². The van der Waals surface area contributed by atoms with Crippen LogP contribution in [0.2, 0.25) is 5.02 Å². The first-order chi connectivity index (χ1) is 18.2. The number of aromatic nitrogens is 4. The maximum Gasteiger partial charge on any atom is 0.262 e. The summed E-state index contributed by atoms with van der Waals surface area (Å²) in [5.74, 6) is 1.42. The zero-order chi connectivity index (χ0) is 26.8. The Morgan fingerprint density at radius 3 is 2.63 bits per heavy atom. The van der Waals surface area contributed by atoms with Crippen LogP contribution < -0.4 is 21.9 Å². The quantitative estimate of drug-likeness (QED) is 0.414. The second-order valence-electron chi connectivity index (χ2n) is 10.7. The number of benzene rings is 1. The van der Waals surface area contributed by atoms with Gasteiger partial charge in [0.15, 0.2) is 5.82 Å². The minimum Gasteiger partial charge on any atom is -0.381 e. The fourth-order valence-electron chi connectivity index (χ4n) is 5.78. The Kier molecular flexibility index (Phi) is 6.53. The van der Waals surface area contributed by atoms with Crippen molar-refractivity contribution in [3.63, 3.8) is 0 Å². The number of hydrogen-bond donors (Lipinski definition) is 2. The van der Waals surface area contributed by atoms with E-state index in [2.05, 4.69) is 44.3 Å². The molecule has 12 heteroatoms. The largest absolute Gasteiger partial charge is 0.381 e. The Bertz CT molecular complexity index is 1520. The van der Waals surface area contributed by atoms with Crippen LogP contribution in [-0.2, 0) is 6.54 Å². The summed E-state index contributed by atoms with van der Waals surface area (Å²) >= 11 is 9.78. The third-order valence-corrected chi connectivity index (χ3v) is 10.2. The molecule has 6 rings (SSSR count). The number of nitrogens with two attached hydrogens (primary N) is 2. The van der Waals surface area contributed by atoms with Crippen LogP contribution in [-0.4, -0.2) is 49.2 Å². The summed E-state index contributed by atoms with van der Waals surface area (Å²) < 4.78 is 3.89. The Morgan fingerprint density at radius 2 is 2.00 bits per heavy atom. The Morgan fingerprint density at radius 1 is 1.24 bits per heavy atom. The van der Waals surface area contributed by atoms with Gasteiger partial charge in [0.1, 0.15) is 10.8 Å². The number of hydrogen-bond acceptors (Lipinski definition) is 10. The van der Waals surface area contributed by atoms with Gasteiger partial charge in [-0.05, 0) is 49.3 Å². The first kappa shape index (κ1) is 25.8. The molecule has 4 heterocycles. The highest BCUT2D eigenvalue weighted by Gasteiger charge is 2.57. The fourth-order valence-corrected chi connectivity index (χ4v) is 7.68. The number of fused-ring (bicyclic) bond motifs is 1. The lowest BCUT2D eigenvalue weighted by Gasteiger charge is -2.44. The second kappa shape index (κ2) is 9.62. The number of allylic oxidation sites excluding steroid dienone is 1. The van der Waals surface area contributed by atoms with Gasteiger partial charge in [-0.2, -0.15) is 0 Å². The summed E-state index contributed by atoms with van der Waals surface area (Å²) in [7, 11) is 0. The van der Waals surface area contributed by atoms with Gasteiger partial charge in [0, 0.05) is 36.2 Å². The van der Waals surface area contributed by atoms with Gasteiger partial charge in [-0.3, -0.25) is 13.7 Å². The van der Waals surface area contributed by atoms with E-state index in [-0.39, 0.29) is 17.0 Å². The molecule has 200 valence electrons. The molecule has 0 amide bonds. The van der Waals surface area contributed by atoms with Crippen LogP contribution in [0.3, 0.4) is 0 Å². The monoisotopic (exact) mass is 570 g/mol. The zero-order valence-corrected chi connectivity index (χ0v) is 24.0. The lowest BCUT2D eigenvalue weighted by molar-refractivity contribution is 0.183. The van der Waals surface area contributed by atoms with Crippen molar-refractivity contribution in [3.05, 3.63) is 51.4 Å². The first-order valence-electron chi connectivity index (χ1n) is 12.8. The molecule has 0 bridgehead atoms. The van der Waals surface area contributed by atoms with Crippen LogP contribution in [0.1, 0.15) is 33.1 Å². The molecule has 3 aliphatic rings. The predicted octanol–water partition coefficient (Wildman–Crippen LogP) is 4.35. The third kappa shape index (κ3) is 4.24. The van der Waals surface area contributed by atoms with Gasteiger partial charge < -0.3 is 16.4 Å². The van der Waals surface area contributed by atoms with Gasteiger partial charge >= 0.3 is 0 Å². The second-order valence-corrected chi connectivity index (χ2v) is 12.8. The van der Waals surface area contributed by atoms with Gasteiger partial charge in [-0.25, -0.2) is 15.0 Å². The van der Waals surface area contributed by atoms with Crippen molar-refractivity contribution in [1.29, 1.82) is 0 Å². The van der Waals surface area contributed by atoms with Crippen molar-refractivity contribution in [2.24, 2.45) is 17.1 Å². The normalized spacial score (nSPS) is 20.2. The number of piperidine rings is 2. The molecule has 1 atom stereocenters. The maximum absolute atomic E-state index is 13.1. The van der Waals surface area contributed by atoms with E-state index in [0.717, 1.165) is 38.2 Å². The topological polar surface area (TPSA) is 119 Å². The number of nitrogen functional groups attached to an aromatic ring is 1. The summed E-state index contributed by atoms with van der Waals surface area (Å²) in [5, 5.41) is 1.32. The molecule has 38 heavy (non-hydrogen) atoms. The van der Waals surface area contributed by atoms with Gasteiger partial charge in [0.25, 0.3) is 5.56 Å². The standard InChI is InChI=1S/C26H31ClN8OS2/c1-14(2)12-34-13-31-15-4-5-17(20(27)19(15)25(34)36)38-24-23(29)32-18(11-30-24)33-8-6-26(7-9-33)10-16-21(22(26)28)35(16)37-3/h4-5,11,13-14,22H,6-10,12,28H2,1-3H3,(H2,29,32). The lowest BCUT2D eigenvalue weighted by Crippen LogP contribution is -2.50. The van der Waals surface area contributed by atoms with Crippen molar-refractivity contribution < 1.29 is 0 Å². The van der Waals surface area contributed by atoms with Crippen LogP contribution >= 0.6 is 35.3 Å². The summed E-state index contributed by atoms with van der Waals surface area (Å²) in [5.41, 5.74) is 16.4. The van der Waals surface area contributed by atoms with E-state index in [1.807, 2.05) is 6.07 Å². The molecule has 1 unspecified atom stereocenters. The van der Waals surface area contributed by atoms with E-state index in [1.165, 1.54) is 23.2 Å². The minimum absolute atomic E-state index is 0.124. The zero-order valence-electron chi connectivity index (χ0n) is 21.6. The number of anilines is 2. The van der Waals surface area contributed by atoms with Crippen LogP contribution in [0, 0.1) is 11.3 Å². The smallest absolute Gasteiger partial charge is 0.262 e. The van der Waals surface area contributed by atoms with Gasteiger partial charge in [-0.15, -0.1) is 0 Å². The van der Waals surface area contributed by atoms with Crippen LogP contribution in [0.15, 0.2) is 50.8 Å². The molecule has 2 aromatic heterocycles. The molecule has 1 fully saturated rings. The van der Waals surface area contributed by atoms with E-state index >= 15 is 0 Å². The van der Waals surface area contributed by atoms with Crippen LogP contribution in [0.4, 0.5) is 11.6 Å². The maximum atomic E-state index is 13.1. The van der Waals surface area contributed by atoms with Crippen LogP contribution in [0.5, 0.6) is 0 Å². The first-order valence-corrected chi connectivity index (χ1v) is 15.2. The molecule has 2 aliphatic heterocycles. The third-order valence-electron chi connectivity index (χ3n) is 7.86. The number of rotatable bonds is 6. The van der Waals surface area contributed by atoms with Gasteiger partial charge in [-0.1, -0.05) is 37.2 Å². The van der Waals surface area contributed by atoms with E-state index in [0.29, 0.717) is 44.1 Å². The molecule has 3 aromatic rings. The highest BCUT2D eigenvalue weighted by Crippen LogP contribution is 2.60. The molecule has 1 aliphatic carbocycles. The van der Waals surface area contributed by atoms with Crippen molar-refractivity contribution in [1.82, 2.24) is 23.8 Å². The molecule has 9 nitrogen and oxygen atoms in total. The molecular formula is C26H31ClN8OS2. The Hall–Kier alpha value is -2.47.